The van der Waals surface area contributed by atoms with Gasteiger partial charge in [-0.05, 0) is 37.5 Å². The molecule has 0 bridgehead atoms. The maximum absolute atomic E-state index is 10.0. The molecule has 1 nitrogen and oxygen atoms in total. The Bertz CT molecular complexity index is 155. The molecule has 0 aliphatic heterocycles. The van der Waals surface area contributed by atoms with Gasteiger partial charge in [-0.1, -0.05) is 38.5 Å². The predicted octanol–water partition coefficient (Wildman–Crippen LogP) is 3.51. The minimum absolute atomic E-state index is 0.0260. The number of aliphatic hydroxyl groups excluding tert-OH is 1. The lowest BCUT2D eigenvalue weighted by Gasteiger charge is -2.19. The molecule has 82 valence electrons. The van der Waals surface area contributed by atoms with Crippen LogP contribution in [0.25, 0.3) is 0 Å². The van der Waals surface area contributed by atoms with E-state index >= 15 is 0 Å². The normalized spacial score (nSPS) is 27.2. The third-order valence-electron chi connectivity index (χ3n) is 4.29. The van der Waals surface area contributed by atoms with Gasteiger partial charge in [-0.2, -0.15) is 0 Å². The second-order valence-corrected chi connectivity index (χ2v) is 5.34. The van der Waals surface area contributed by atoms with E-state index in [0.717, 1.165) is 12.3 Å². The second kappa shape index (κ2) is 5.16. The molecule has 0 heterocycles. The fraction of sp³-hybridized carbons (Fsp3) is 1.00. The van der Waals surface area contributed by atoms with E-state index < -0.39 is 0 Å². The van der Waals surface area contributed by atoms with Crippen molar-refractivity contribution in [2.45, 2.75) is 70.3 Å². The molecule has 0 saturated heterocycles. The van der Waals surface area contributed by atoms with Crippen LogP contribution in [0.2, 0.25) is 0 Å². The van der Waals surface area contributed by atoms with Gasteiger partial charge < -0.3 is 5.11 Å². The first-order chi connectivity index (χ1) is 6.86. The van der Waals surface area contributed by atoms with Crippen LogP contribution >= 0.6 is 0 Å². The van der Waals surface area contributed by atoms with Crippen molar-refractivity contribution >= 4 is 0 Å². The first kappa shape index (κ1) is 10.5. The Labute approximate surface area is 87.9 Å². The molecule has 2 aliphatic carbocycles. The zero-order valence-electron chi connectivity index (χ0n) is 9.25. The summed E-state index contributed by atoms with van der Waals surface area (Å²) in [6, 6.07) is 0. The van der Waals surface area contributed by atoms with E-state index in [9.17, 15) is 5.11 Å². The predicted molar refractivity (Wildman–Crippen MR) is 59.2 cm³/mol. The van der Waals surface area contributed by atoms with Crippen LogP contribution in [0.15, 0.2) is 0 Å². The number of hydrogen-bond donors (Lipinski definition) is 1. The van der Waals surface area contributed by atoms with Crippen LogP contribution in [-0.4, -0.2) is 11.2 Å². The molecule has 2 aliphatic rings. The van der Waals surface area contributed by atoms with E-state index in [2.05, 4.69) is 0 Å². The van der Waals surface area contributed by atoms with Crippen LogP contribution in [0, 0.1) is 11.8 Å². The van der Waals surface area contributed by atoms with Gasteiger partial charge in [0.25, 0.3) is 0 Å². The topological polar surface area (TPSA) is 20.2 Å². The summed E-state index contributed by atoms with van der Waals surface area (Å²) in [4.78, 5) is 0. The van der Waals surface area contributed by atoms with Crippen molar-refractivity contribution in [2.75, 3.05) is 0 Å². The standard InChI is InChI=1S/C13H24O/c14-13(12-7-3-4-8-12)10-9-11-5-1-2-6-11/h11-14H,1-10H2. The van der Waals surface area contributed by atoms with Crippen molar-refractivity contribution in [3.8, 4) is 0 Å². The number of hydrogen-bond acceptors (Lipinski definition) is 1. The fourth-order valence-corrected chi connectivity index (χ4v) is 3.28. The molecule has 1 heteroatoms. The van der Waals surface area contributed by atoms with Crippen LogP contribution in [0.3, 0.4) is 0 Å². The molecule has 0 aromatic carbocycles. The van der Waals surface area contributed by atoms with Gasteiger partial charge >= 0.3 is 0 Å². The van der Waals surface area contributed by atoms with Crippen LogP contribution in [0.1, 0.15) is 64.2 Å². The smallest absolute Gasteiger partial charge is 0.0568 e. The molecule has 0 radical (unpaired) electrons. The summed E-state index contributed by atoms with van der Waals surface area (Å²) in [7, 11) is 0. The zero-order chi connectivity index (χ0) is 9.80. The van der Waals surface area contributed by atoms with Gasteiger partial charge in [-0.25, -0.2) is 0 Å². The first-order valence-corrected chi connectivity index (χ1v) is 6.54. The first-order valence-electron chi connectivity index (χ1n) is 6.54. The van der Waals surface area contributed by atoms with E-state index in [1.54, 1.807) is 0 Å². The molecule has 0 aromatic rings. The monoisotopic (exact) mass is 196 g/mol. The van der Waals surface area contributed by atoms with E-state index in [0.29, 0.717) is 5.92 Å². The van der Waals surface area contributed by atoms with Crippen molar-refractivity contribution in [1.29, 1.82) is 0 Å². The number of aliphatic hydroxyl groups is 1. The lowest BCUT2D eigenvalue weighted by atomic mass is 9.92. The van der Waals surface area contributed by atoms with Crippen LogP contribution in [0.4, 0.5) is 0 Å². The molecular formula is C13H24O. The SMILES string of the molecule is OC(CCC1CCCC1)C1CCCC1. The van der Waals surface area contributed by atoms with Gasteiger partial charge in [-0.3, -0.25) is 0 Å². The van der Waals surface area contributed by atoms with Crippen molar-refractivity contribution in [3.63, 3.8) is 0 Å². The molecule has 2 saturated carbocycles. The number of rotatable bonds is 4. The van der Waals surface area contributed by atoms with E-state index in [1.165, 1.54) is 57.8 Å². The second-order valence-electron chi connectivity index (χ2n) is 5.34. The Morgan fingerprint density at radius 3 is 2.14 bits per heavy atom. The average Bonchev–Trinajstić information content (AvgIpc) is 2.87. The summed E-state index contributed by atoms with van der Waals surface area (Å²) in [5, 5.41) is 10.0. The Morgan fingerprint density at radius 1 is 0.929 bits per heavy atom. The summed E-state index contributed by atoms with van der Waals surface area (Å²) in [5.41, 5.74) is 0. The summed E-state index contributed by atoms with van der Waals surface area (Å²) in [5.74, 6) is 1.60. The van der Waals surface area contributed by atoms with E-state index in [4.69, 9.17) is 0 Å². The summed E-state index contributed by atoms with van der Waals surface area (Å²) >= 11 is 0. The van der Waals surface area contributed by atoms with Crippen molar-refractivity contribution in [3.05, 3.63) is 0 Å². The molecule has 0 amide bonds. The molecule has 14 heavy (non-hydrogen) atoms. The van der Waals surface area contributed by atoms with Gasteiger partial charge in [0.2, 0.25) is 0 Å². The van der Waals surface area contributed by atoms with Crippen LogP contribution < -0.4 is 0 Å². The largest absolute Gasteiger partial charge is 0.393 e. The third kappa shape index (κ3) is 2.73. The quantitative estimate of drug-likeness (QED) is 0.729. The molecule has 1 atom stereocenters. The highest BCUT2D eigenvalue weighted by Crippen LogP contribution is 2.33. The minimum atomic E-state index is 0.0260. The molecule has 2 fully saturated rings. The van der Waals surface area contributed by atoms with Gasteiger partial charge in [0, 0.05) is 0 Å². The van der Waals surface area contributed by atoms with Crippen molar-refractivity contribution in [1.82, 2.24) is 0 Å². The Kier molecular flexibility index (Phi) is 3.86. The average molecular weight is 196 g/mol. The highest BCUT2D eigenvalue weighted by molar-refractivity contribution is 4.76. The van der Waals surface area contributed by atoms with Gasteiger partial charge in [0.15, 0.2) is 0 Å². The van der Waals surface area contributed by atoms with Crippen LogP contribution in [-0.2, 0) is 0 Å². The lowest BCUT2D eigenvalue weighted by molar-refractivity contribution is 0.0947. The summed E-state index contributed by atoms with van der Waals surface area (Å²) in [6.07, 6.45) is 13.4. The van der Waals surface area contributed by atoms with E-state index in [-0.39, 0.29) is 6.10 Å². The molecule has 0 spiro atoms. The highest BCUT2D eigenvalue weighted by atomic mass is 16.3. The highest BCUT2D eigenvalue weighted by Gasteiger charge is 2.24. The lowest BCUT2D eigenvalue weighted by Crippen LogP contribution is -2.18. The Hall–Kier alpha value is -0.0400. The molecule has 2 rings (SSSR count). The van der Waals surface area contributed by atoms with E-state index in [1.807, 2.05) is 0 Å². The molecular weight excluding hydrogens is 172 g/mol. The van der Waals surface area contributed by atoms with Gasteiger partial charge in [0.1, 0.15) is 0 Å². The Balaban J connectivity index is 1.63. The van der Waals surface area contributed by atoms with Gasteiger partial charge in [-0.15, -0.1) is 0 Å². The Morgan fingerprint density at radius 2 is 1.50 bits per heavy atom. The molecule has 0 aromatic heterocycles. The maximum Gasteiger partial charge on any atom is 0.0568 e. The zero-order valence-corrected chi connectivity index (χ0v) is 9.25. The van der Waals surface area contributed by atoms with Crippen molar-refractivity contribution < 1.29 is 5.11 Å². The summed E-state index contributed by atoms with van der Waals surface area (Å²) < 4.78 is 0. The fourth-order valence-electron chi connectivity index (χ4n) is 3.28. The molecule has 1 N–H and O–H groups in total. The molecule has 1 unspecified atom stereocenters. The maximum atomic E-state index is 10.0. The van der Waals surface area contributed by atoms with Crippen LogP contribution in [0.5, 0.6) is 0 Å². The van der Waals surface area contributed by atoms with Crippen molar-refractivity contribution in [2.24, 2.45) is 11.8 Å². The van der Waals surface area contributed by atoms with Gasteiger partial charge in [0.05, 0.1) is 6.10 Å². The third-order valence-corrected chi connectivity index (χ3v) is 4.29. The minimum Gasteiger partial charge on any atom is -0.393 e. The summed E-state index contributed by atoms with van der Waals surface area (Å²) in [6.45, 7) is 0.